The number of rotatable bonds is 6. The van der Waals surface area contributed by atoms with Crippen LogP contribution in [0.5, 0.6) is 5.75 Å². The Kier molecular flexibility index (Phi) is 7.13. The van der Waals surface area contributed by atoms with Gasteiger partial charge in [-0.25, -0.2) is 0 Å². The molecule has 1 aliphatic heterocycles. The largest absolute Gasteiger partial charge is 0.495 e. The van der Waals surface area contributed by atoms with Crippen LogP contribution in [0.25, 0.3) is 5.57 Å². The second kappa shape index (κ2) is 10.5. The molecule has 0 bridgehead atoms. The third kappa shape index (κ3) is 5.04. The van der Waals surface area contributed by atoms with Gasteiger partial charge in [0.05, 0.1) is 12.8 Å². The molecule has 2 heterocycles. The van der Waals surface area contributed by atoms with Gasteiger partial charge in [-0.1, -0.05) is 42.5 Å². The first kappa shape index (κ1) is 25.2. The van der Waals surface area contributed by atoms with Crippen LogP contribution in [0.1, 0.15) is 27.6 Å². The monoisotopic (exact) mass is 515 g/mol. The number of piperazine rings is 1. The lowest BCUT2D eigenvalue weighted by Gasteiger charge is -2.35. The molecule has 1 fully saturated rings. The van der Waals surface area contributed by atoms with Gasteiger partial charge in [-0.3, -0.25) is 4.79 Å². The second-order valence-electron chi connectivity index (χ2n) is 9.74. The van der Waals surface area contributed by atoms with Gasteiger partial charge in [0.2, 0.25) is 5.91 Å². The molecule has 1 aromatic heterocycles. The van der Waals surface area contributed by atoms with Crippen LogP contribution < -0.4 is 15.0 Å². The molecular weight excluding hydrogens is 482 g/mol. The standard InChI is InChI=1S/C29H33N5O2S/c1-20-7-5-6-8-24(20)22-11-13-29(14-12-22,28-32-31-21(2)37-28)27(35)30-23-9-10-26(36-4)25(19-23)34-17-15-33(3)16-18-34/h5-13,19H,14-18H2,1-4H3,(H,30,35). The third-order valence-corrected chi connectivity index (χ3v) is 8.26. The number of nitrogens with zero attached hydrogens (tertiary/aromatic N) is 4. The number of hydrogen-bond donors (Lipinski definition) is 1. The molecule has 7 nitrogen and oxygen atoms in total. The molecule has 3 aromatic rings. The lowest BCUT2D eigenvalue weighted by atomic mass is 9.78. The molecule has 37 heavy (non-hydrogen) atoms. The van der Waals surface area contributed by atoms with E-state index in [0.29, 0.717) is 11.4 Å². The summed E-state index contributed by atoms with van der Waals surface area (Å²) in [6.07, 6.45) is 6.69. The lowest BCUT2D eigenvalue weighted by molar-refractivity contribution is -0.120. The Morgan fingerprint density at radius 3 is 2.51 bits per heavy atom. The molecule has 1 atom stereocenters. The van der Waals surface area contributed by atoms with E-state index in [1.54, 1.807) is 7.11 Å². The van der Waals surface area contributed by atoms with Gasteiger partial charge < -0.3 is 19.9 Å². The SMILES string of the molecule is COc1ccc(NC(=O)C2(c3nnc(C)s3)C=CC(c3ccccc3C)=CC2)cc1N1CCN(C)CC1. The number of allylic oxidation sites excluding steroid dienone is 3. The highest BCUT2D eigenvalue weighted by Crippen LogP contribution is 2.40. The van der Waals surface area contributed by atoms with Gasteiger partial charge in [0.1, 0.15) is 21.2 Å². The van der Waals surface area contributed by atoms with Crippen molar-refractivity contribution in [3.8, 4) is 5.75 Å². The molecule has 1 N–H and O–H groups in total. The van der Waals surface area contributed by atoms with Crippen molar-refractivity contribution in [1.29, 1.82) is 0 Å². The topological polar surface area (TPSA) is 70.6 Å². The second-order valence-corrected chi connectivity index (χ2v) is 10.9. The quantitative estimate of drug-likeness (QED) is 0.507. The summed E-state index contributed by atoms with van der Waals surface area (Å²) in [5.41, 5.74) is 4.30. The van der Waals surface area contributed by atoms with Crippen LogP contribution in [0, 0.1) is 13.8 Å². The number of methoxy groups -OCH3 is 1. The number of benzene rings is 2. The Hall–Kier alpha value is -3.49. The van der Waals surface area contributed by atoms with E-state index in [1.165, 1.54) is 22.5 Å². The third-order valence-electron chi connectivity index (χ3n) is 7.24. The average molecular weight is 516 g/mol. The van der Waals surface area contributed by atoms with E-state index in [2.05, 4.69) is 57.5 Å². The highest BCUT2D eigenvalue weighted by Gasteiger charge is 2.42. The van der Waals surface area contributed by atoms with Crippen molar-refractivity contribution in [3.63, 3.8) is 0 Å². The molecule has 192 valence electrons. The Bertz CT molecular complexity index is 1360. The number of ether oxygens (including phenoxy) is 1. The van der Waals surface area contributed by atoms with Crippen LogP contribution >= 0.6 is 11.3 Å². The molecule has 0 radical (unpaired) electrons. The fourth-order valence-corrected chi connectivity index (χ4v) is 5.81. The maximum absolute atomic E-state index is 14.0. The summed E-state index contributed by atoms with van der Waals surface area (Å²) < 4.78 is 5.65. The number of carbonyl (C=O) groups is 1. The van der Waals surface area contributed by atoms with Crippen molar-refractivity contribution in [2.24, 2.45) is 0 Å². The number of aryl methyl sites for hydroxylation is 2. The maximum atomic E-state index is 14.0. The predicted octanol–water partition coefficient (Wildman–Crippen LogP) is 4.84. The zero-order chi connectivity index (χ0) is 26.0. The van der Waals surface area contributed by atoms with Gasteiger partial charge in [-0.15, -0.1) is 21.5 Å². The van der Waals surface area contributed by atoms with E-state index >= 15 is 0 Å². The molecule has 1 amide bonds. The lowest BCUT2D eigenvalue weighted by Crippen LogP contribution is -2.44. The van der Waals surface area contributed by atoms with E-state index in [4.69, 9.17) is 4.74 Å². The van der Waals surface area contributed by atoms with Crippen LogP contribution in [0.4, 0.5) is 11.4 Å². The van der Waals surface area contributed by atoms with E-state index < -0.39 is 5.41 Å². The molecule has 1 unspecified atom stereocenters. The summed E-state index contributed by atoms with van der Waals surface area (Å²) in [4.78, 5) is 18.6. The van der Waals surface area contributed by atoms with E-state index in [1.807, 2.05) is 49.4 Å². The van der Waals surface area contributed by atoms with Crippen LogP contribution in [-0.2, 0) is 10.2 Å². The molecule has 0 saturated carbocycles. The van der Waals surface area contributed by atoms with Gasteiger partial charge in [0.25, 0.3) is 0 Å². The molecule has 1 aliphatic carbocycles. The number of nitrogens with one attached hydrogen (secondary N) is 1. The summed E-state index contributed by atoms with van der Waals surface area (Å²) in [6, 6.07) is 14.1. The van der Waals surface area contributed by atoms with Gasteiger partial charge in [0.15, 0.2) is 0 Å². The van der Waals surface area contributed by atoms with E-state index in [-0.39, 0.29) is 5.91 Å². The van der Waals surface area contributed by atoms with Gasteiger partial charge in [-0.2, -0.15) is 0 Å². The van der Waals surface area contributed by atoms with Crippen molar-refractivity contribution in [2.45, 2.75) is 25.7 Å². The summed E-state index contributed by atoms with van der Waals surface area (Å²) in [5.74, 6) is 0.690. The molecule has 5 rings (SSSR count). The van der Waals surface area contributed by atoms with Crippen molar-refractivity contribution < 1.29 is 9.53 Å². The van der Waals surface area contributed by atoms with Crippen LogP contribution in [0.15, 0.2) is 60.7 Å². The van der Waals surface area contributed by atoms with Gasteiger partial charge in [0, 0.05) is 31.9 Å². The Balaban J connectivity index is 1.44. The first-order valence-corrected chi connectivity index (χ1v) is 13.4. The zero-order valence-electron chi connectivity index (χ0n) is 21.8. The molecule has 0 spiro atoms. The smallest absolute Gasteiger partial charge is 0.241 e. The highest BCUT2D eigenvalue weighted by molar-refractivity contribution is 7.11. The fraction of sp³-hybridized carbons (Fsp3) is 0.345. The van der Waals surface area contributed by atoms with E-state index in [9.17, 15) is 4.79 Å². The average Bonchev–Trinajstić information content (AvgIpc) is 3.36. The number of anilines is 2. The number of likely N-dealkylation sites (N-methyl/N-ethyl adjacent to an activating group) is 1. The zero-order valence-corrected chi connectivity index (χ0v) is 22.6. The predicted molar refractivity (Wildman–Crippen MR) is 151 cm³/mol. The van der Waals surface area contributed by atoms with E-state index in [0.717, 1.165) is 53.9 Å². The van der Waals surface area contributed by atoms with Gasteiger partial charge in [-0.05, 0) is 62.2 Å². The van der Waals surface area contributed by atoms with Crippen LogP contribution in [0.3, 0.4) is 0 Å². The summed E-state index contributed by atoms with van der Waals surface area (Å²) >= 11 is 1.47. The maximum Gasteiger partial charge on any atom is 0.241 e. The molecule has 2 aromatic carbocycles. The fourth-order valence-electron chi connectivity index (χ4n) is 4.94. The summed E-state index contributed by atoms with van der Waals surface area (Å²) in [6.45, 7) is 7.81. The normalized spacial score (nSPS) is 20.0. The van der Waals surface area contributed by atoms with Crippen molar-refractivity contribution >= 4 is 34.2 Å². The number of carbonyl (C=O) groups excluding carboxylic acids is 1. The Labute approximate surface area is 222 Å². The number of hydrogen-bond acceptors (Lipinski definition) is 7. The Morgan fingerprint density at radius 1 is 1.08 bits per heavy atom. The summed E-state index contributed by atoms with van der Waals surface area (Å²) in [7, 11) is 3.82. The minimum absolute atomic E-state index is 0.116. The van der Waals surface area contributed by atoms with Crippen LogP contribution in [-0.4, -0.2) is 61.3 Å². The Morgan fingerprint density at radius 2 is 1.86 bits per heavy atom. The van der Waals surface area contributed by atoms with Crippen molar-refractivity contribution in [3.05, 3.63) is 81.8 Å². The number of amides is 1. The minimum Gasteiger partial charge on any atom is -0.495 e. The van der Waals surface area contributed by atoms with Crippen LogP contribution in [0.2, 0.25) is 0 Å². The van der Waals surface area contributed by atoms with Gasteiger partial charge >= 0.3 is 0 Å². The van der Waals surface area contributed by atoms with Crippen molar-refractivity contribution in [2.75, 3.05) is 50.6 Å². The minimum atomic E-state index is -0.925. The summed E-state index contributed by atoms with van der Waals surface area (Å²) in [5, 5.41) is 13.4. The molecule has 1 saturated heterocycles. The first-order chi connectivity index (χ1) is 17.9. The molecule has 2 aliphatic rings. The number of aromatic nitrogens is 2. The van der Waals surface area contributed by atoms with Crippen molar-refractivity contribution in [1.82, 2.24) is 15.1 Å². The highest BCUT2D eigenvalue weighted by atomic mass is 32.1. The molecular formula is C29H33N5O2S. The molecule has 8 heteroatoms. The first-order valence-electron chi connectivity index (χ1n) is 12.6.